The number of rotatable bonds is 12. The number of hydrogen-bond acceptors (Lipinski definition) is 14. The van der Waals surface area contributed by atoms with Gasteiger partial charge in [-0.2, -0.15) is 8.42 Å². The second-order valence-corrected chi connectivity index (χ2v) is 20.4. The maximum atomic E-state index is 14.1. The topological polar surface area (TPSA) is 203 Å². The second kappa shape index (κ2) is 18.1. The van der Waals surface area contributed by atoms with E-state index in [-0.39, 0.29) is 47.0 Å². The minimum absolute atomic E-state index is 0.0595. The quantitative estimate of drug-likeness (QED) is 0.0811. The fourth-order valence-electron chi connectivity index (χ4n) is 10.7. The van der Waals surface area contributed by atoms with Crippen LogP contribution >= 0.6 is 0 Å². The number of carbonyl (C=O) groups excluding carboxylic acids is 1. The van der Waals surface area contributed by atoms with E-state index < -0.39 is 31.6 Å². The molecule has 3 N–H and O–H groups in total. The Morgan fingerprint density at radius 3 is 2.62 bits per heavy atom. The maximum Gasteiger partial charge on any atom is 0.317 e. The maximum absolute atomic E-state index is 14.1. The van der Waals surface area contributed by atoms with Gasteiger partial charge in [-0.15, -0.1) is 0 Å². The molecule has 5 aromatic rings. The van der Waals surface area contributed by atoms with E-state index in [1.165, 1.54) is 17.3 Å². The van der Waals surface area contributed by atoms with Crippen molar-refractivity contribution in [2.24, 2.45) is 11.3 Å². The molecule has 3 aromatic heterocycles. The highest BCUT2D eigenvalue weighted by molar-refractivity contribution is 7.90. The summed E-state index contributed by atoms with van der Waals surface area (Å²) < 4.78 is 53.8. The first-order chi connectivity index (χ1) is 31.9. The number of carbonyl (C=O) groups is 1. The van der Waals surface area contributed by atoms with E-state index in [0.29, 0.717) is 55.5 Å². The summed E-state index contributed by atoms with van der Waals surface area (Å²) in [7, 11) is -4.74. The molecule has 0 radical (unpaired) electrons. The molecular formula is C48H56N8O9S. The zero-order chi connectivity index (χ0) is 45.6. The van der Waals surface area contributed by atoms with Crippen LogP contribution in [0.15, 0.2) is 78.1 Å². The number of benzene rings is 2. The first-order valence-electron chi connectivity index (χ1n) is 23.1. The van der Waals surface area contributed by atoms with Gasteiger partial charge in [-0.05, 0) is 97.6 Å². The predicted octanol–water partition coefficient (Wildman–Crippen LogP) is 7.71. The normalized spacial score (nSPS) is 21.5. The van der Waals surface area contributed by atoms with Crippen LogP contribution < -0.4 is 24.4 Å². The third kappa shape index (κ3) is 8.90. The second-order valence-electron chi connectivity index (χ2n) is 18.8. The van der Waals surface area contributed by atoms with Crippen molar-refractivity contribution >= 4 is 44.2 Å². The lowest BCUT2D eigenvalue weighted by Crippen LogP contribution is -2.58. The van der Waals surface area contributed by atoms with Gasteiger partial charge in [-0.3, -0.25) is 19.8 Å². The van der Waals surface area contributed by atoms with Gasteiger partial charge in [-0.25, -0.2) is 14.7 Å². The van der Waals surface area contributed by atoms with Gasteiger partial charge in [0.1, 0.15) is 23.3 Å². The number of piperidine rings is 1. The van der Waals surface area contributed by atoms with Crippen LogP contribution in [0.3, 0.4) is 0 Å². The molecule has 66 heavy (non-hydrogen) atoms. The molecule has 7 heterocycles. The first-order valence-corrected chi connectivity index (χ1v) is 24.6. The third-order valence-corrected chi connectivity index (χ3v) is 15.5. The number of pyridine rings is 2. The van der Waals surface area contributed by atoms with Crippen molar-refractivity contribution in [1.29, 1.82) is 0 Å². The molecule has 5 aliphatic rings. The van der Waals surface area contributed by atoms with Gasteiger partial charge in [-0.1, -0.05) is 38.1 Å². The van der Waals surface area contributed by atoms with Crippen LogP contribution in [0.4, 0.5) is 17.2 Å². The minimum Gasteiger partial charge on any atom is -0.479 e. The minimum atomic E-state index is -4.74. The van der Waals surface area contributed by atoms with E-state index in [0.717, 1.165) is 81.9 Å². The SMILES string of the molecule is CC(C)c1ccccc1[C@H]1COCCN1C1CC2(CCN(c3ccc(C(=O)NS(=O)(=O)c4cc([N+](=O)[O-])c5c(n4)NC[C@H](CC4CCOCC4)O5)c(Oc4cnc5[nH]ccc5c4)c3)CC2)C1. The Morgan fingerprint density at radius 1 is 1.03 bits per heavy atom. The Morgan fingerprint density at radius 2 is 1.83 bits per heavy atom. The van der Waals surface area contributed by atoms with Crippen molar-refractivity contribution in [3.63, 3.8) is 0 Å². The summed E-state index contributed by atoms with van der Waals surface area (Å²) in [6.45, 7) is 10.1. The molecule has 1 aliphatic carbocycles. The number of hydrogen-bond donors (Lipinski definition) is 3. The van der Waals surface area contributed by atoms with Crippen LogP contribution in [0.1, 0.15) is 92.2 Å². The van der Waals surface area contributed by atoms with Crippen LogP contribution in [0, 0.1) is 21.4 Å². The van der Waals surface area contributed by atoms with Gasteiger partial charge in [0.25, 0.3) is 15.9 Å². The number of aromatic nitrogens is 3. The number of nitro groups is 1. The molecule has 18 heteroatoms. The fourth-order valence-corrected chi connectivity index (χ4v) is 11.6. The number of ether oxygens (including phenoxy) is 4. The Hall–Kier alpha value is -5.82. The van der Waals surface area contributed by atoms with Gasteiger partial charge in [0.15, 0.2) is 10.8 Å². The molecule has 3 saturated heterocycles. The largest absolute Gasteiger partial charge is 0.479 e. The summed E-state index contributed by atoms with van der Waals surface area (Å²) in [4.78, 5) is 42.3. The number of sulfonamides is 1. The molecule has 1 saturated carbocycles. The molecule has 348 valence electrons. The number of nitrogens with one attached hydrogen (secondary N) is 3. The number of morpholine rings is 1. The van der Waals surface area contributed by atoms with Crippen molar-refractivity contribution in [2.75, 3.05) is 62.8 Å². The predicted molar refractivity (Wildman–Crippen MR) is 247 cm³/mol. The number of H-pyrrole nitrogens is 1. The highest BCUT2D eigenvalue weighted by Crippen LogP contribution is 2.53. The Labute approximate surface area is 383 Å². The van der Waals surface area contributed by atoms with Crippen molar-refractivity contribution in [3.05, 3.63) is 99.9 Å². The summed E-state index contributed by atoms with van der Waals surface area (Å²) in [5.41, 5.74) is 3.87. The number of amides is 1. The molecule has 0 unspecified atom stereocenters. The van der Waals surface area contributed by atoms with Crippen LogP contribution in [-0.4, -0.2) is 104 Å². The number of anilines is 2. The lowest BCUT2D eigenvalue weighted by Gasteiger charge is -2.57. The van der Waals surface area contributed by atoms with E-state index >= 15 is 0 Å². The average molecular weight is 921 g/mol. The van der Waals surface area contributed by atoms with Crippen LogP contribution in [0.5, 0.6) is 17.2 Å². The van der Waals surface area contributed by atoms with Gasteiger partial charge in [0, 0.05) is 62.2 Å². The van der Waals surface area contributed by atoms with Crippen LogP contribution in [0.25, 0.3) is 11.0 Å². The van der Waals surface area contributed by atoms with E-state index in [9.17, 15) is 23.3 Å². The van der Waals surface area contributed by atoms with Gasteiger partial charge < -0.3 is 34.1 Å². The summed E-state index contributed by atoms with van der Waals surface area (Å²) >= 11 is 0. The van der Waals surface area contributed by atoms with E-state index in [1.807, 2.05) is 6.07 Å². The molecule has 0 bridgehead atoms. The number of nitrogens with zero attached hydrogens (tertiary/aromatic N) is 5. The molecule has 2 atom stereocenters. The van der Waals surface area contributed by atoms with E-state index in [2.05, 4.69) is 72.9 Å². The smallest absolute Gasteiger partial charge is 0.317 e. The van der Waals surface area contributed by atoms with Crippen molar-refractivity contribution in [3.8, 4) is 17.2 Å². The van der Waals surface area contributed by atoms with Crippen molar-refractivity contribution < 1.29 is 37.1 Å². The van der Waals surface area contributed by atoms with Gasteiger partial charge >= 0.3 is 5.69 Å². The molecule has 1 amide bonds. The Kier molecular flexibility index (Phi) is 12.1. The molecular weight excluding hydrogens is 865 g/mol. The lowest BCUT2D eigenvalue weighted by atomic mass is 9.59. The summed E-state index contributed by atoms with van der Waals surface area (Å²) in [5.74, 6) is 0.0246. The Bertz CT molecular complexity index is 2730. The molecule has 4 fully saturated rings. The average Bonchev–Trinajstić information content (AvgIpc) is 3.79. The standard InChI is InChI=1S/C48H56N8O9S/c1-30(2)37-5-3-4-6-38(37)41-29-63-20-17-55(41)34-25-48(26-34)12-15-54(16-13-48)33-7-8-39(42(23-33)64-36-22-32-9-14-49-45(32)50-28-36)47(57)53-66(60,61)43-24-40(56(58)59)44-46(52-43)51-27-35(65-44)21-31-10-18-62-19-11-31/h3-9,14,22-24,28,30-31,34-35,41H,10-13,15-21,25-27,29H2,1-2H3,(H,49,50)(H,51,52)(H,53,57)/t35-,41+/m0/s1. The molecule has 1 spiro atoms. The number of aromatic amines is 1. The first kappa shape index (κ1) is 44.0. The molecule has 10 rings (SSSR count). The fraction of sp³-hybridized carbons (Fsp3) is 0.479. The lowest BCUT2D eigenvalue weighted by molar-refractivity contribution is -0.386. The van der Waals surface area contributed by atoms with Crippen molar-refractivity contribution in [1.82, 2.24) is 24.6 Å². The van der Waals surface area contributed by atoms with Gasteiger partial charge in [0.2, 0.25) is 5.75 Å². The zero-order valence-electron chi connectivity index (χ0n) is 37.2. The monoisotopic (exact) mass is 920 g/mol. The van der Waals surface area contributed by atoms with Crippen LogP contribution in [0.2, 0.25) is 0 Å². The van der Waals surface area contributed by atoms with E-state index in [4.69, 9.17) is 18.9 Å². The van der Waals surface area contributed by atoms with Gasteiger partial charge in [0.05, 0.1) is 48.6 Å². The van der Waals surface area contributed by atoms with E-state index in [1.54, 1.807) is 30.5 Å². The molecule has 17 nitrogen and oxygen atoms in total. The highest BCUT2D eigenvalue weighted by Gasteiger charge is 2.50. The summed E-state index contributed by atoms with van der Waals surface area (Å²) in [5, 5.41) is 15.4. The molecule has 4 aliphatic heterocycles. The molecule has 2 aromatic carbocycles. The number of fused-ring (bicyclic) bond motifs is 2. The zero-order valence-corrected chi connectivity index (χ0v) is 38.1. The third-order valence-electron chi connectivity index (χ3n) is 14.3. The van der Waals surface area contributed by atoms with Crippen molar-refractivity contribution in [2.45, 2.75) is 87.9 Å². The Balaban J connectivity index is 0.854. The summed E-state index contributed by atoms with van der Waals surface area (Å²) in [6, 6.07) is 19.1. The van der Waals surface area contributed by atoms with Crippen LogP contribution in [-0.2, 0) is 19.5 Å². The summed E-state index contributed by atoms with van der Waals surface area (Å²) in [6.07, 6.45) is 9.61. The highest BCUT2D eigenvalue weighted by atomic mass is 32.2.